The van der Waals surface area contributed by atoms with Crippen molar-refractivity contribution in [1.29, 1.82) is 0 Å². The topological polar surface area (TPSA) is 174 Å². The van der Waals surface area contributed by atoms with Crippen molar-refractivity contribution in [3.05, 3.63) is 51.0 Å². The number of nitrogens with zero attached hydrogens (tertiary/aromatic N) is 3. The molecule has 4 N–H and O–H groups in total. The van der Waals surface area contributed by atoms with Gasteiger partial charge in [0, 0.05) is 0 Å². The second-order valence-corrected chi connectivity index (χ2v) is 14.0. The van der Waals surface area contributed by atoms with Gasteiger partial charge in [0.25, 0.3) is 0 Å². The molecule has 2 saturated heterocycles. The predicted octanol–water partition coefficient (Wildman–Crippen LogP) is 2.90. The van der Waals surface area contributed by atoms with E-state index in [9.17, 15) is 24.4 Å². The van der Waals surface area contributed by atoms with Crippen molar-refractivity contribution in [3.8, 4) is 5.75 Å². The van der Waals surface area contributed by atoms with Crippen LogP contribution < -0.4 is 20.6 Å². The third kappa shape index (κ3) is 8.48. The zero-order chi connectivity index (χ0) is 34.0. The Labute approximate surface area is 273 Å². The van der Waals surface area contributed by atoms with E-state index in [0.717, 1.165) is 25.2 Å². The number of aromatic nitrogens is 2. The third-order valence-electron chi connectivity index (χ3n) is 7.23. The Kier molecular flexibility index (Phi) is 11.6. The van der Waals surface area contributed by atoms with Crippen molar-refractivity contribution in [2.45, 2.75) is 76.2 Å². The molecule has 256 valence electrons. The molecule has 0 aliphatic carbocycles. The van der Waals surface area contributed by atoms with E-state index in [-0.39, 0.29) is 27.5 Å². The van der Waals surface area contributed by atoms with Crippen molar-refractivity contribution < 1.29 is 46.9 Å². The molecule has 1 aromatic heterocycles. The number of likely N-dealkylation sites (N-methyl/N-ethyl adjacent to an activating group) is 1. The van der Waals surface area contributed by atoms with Crippen molar-refractivity contribution in [2.75, 3.05) is 25.5 Å². The molecule has 1 aromatic carbocycles. The van der Waals surface area contributed by atoms with Crippen LogP contribution in [0.4, 0.5) is 14.6 Å². The van der Waals surface area contributed by atoms with Crippen LogP contribution in [0.3, 0.4) is 0 Å². The second kappa shape index (κ2) is 14.7. The summed E-state index contributed by atoms with van der Waals surface area (Å²) < 4.78 is 52.7. The summed E-state index contributed by atoms with van der Waals surface area (Å²) in [7, 11) is -2.96. The number of rotatable bonds is 12. The zero-order valence-electron chi connectivity index (χ0n) is 25.3. The molecule has 2 aliphatic rings. The Bertz CT molecular complexity index is 1490. The van der Waals surface area contributed by atoms with Crippen molar-refractivity contribution in [1.82, 2.24) is 19.5 Å². The molecule has 0 spiro atoms. The van der Waals surface area contributed by atoms with Gasteiger partial charge in [0.1, 0.15) is 0 Å². The summed E-state index contributed by atoms with van der Waals surface area (Å²) in [5.74, 6) is -5.45. The Morgan fingerprint density at radius 1 is 1.26 bits per heavy atom. The fourth-order valence-corrected chi connectivity index (χ4v) is 7.13. The Morgan fingerprint density at radius 2 is 1.98 bits per heavy atom. The van der Waals surface area contributed by atoms with Crippen molar-refractivity contribution >= 4 is 49.0 Å². The van der Waals surface area contributed by atoms with E-state index in [1.807, 2.05) is 4.90 Å². The maximum absolute atomic E-state index is 15.3. The van der Waals surface area contributed by atoms with Crippen LogP contribution in [-0.2, 0) is 23.6 Å². The summed E-state index contributed by atoms with van der Waals surface area (Å²) in [4.78, 5) is 54.7. The molecule has 1 amide bonds. The first kappa shape index (κ1) is 36.3. The number of aliphatic hydroxyl groups is 1. The number of benzene rings is 1. The van der Waals surface area contributed by atoms with Crippen LogP contribution >= 0.6 is 31.3 Å². The number of carbonyl (C=O) groups is 2. The first-order valence-corrected chi connectivity index (χ1v) is 16.8. The normalized spacial score (nSPS) is 24.2. The summed E-state index contributed by atoms with van der Waals surface area (Å²) in [5.41, 5.74) is -1.18. The van der Waals surface area contributed by atoms with Crippen LogP contribution in [-0.4, -0.2) is 92.8 Å². The van der Waals surface area contributed by atoms with Gasteiger partial charge in [-0.15, -0.1) is 0 Å². The number of amides is 1. The van der Waals surface area contributed by atoms with Crippen LogP contribution in [0.2, 0.25) is 10.0 Å². The van der Waals surface area contributed by atoms with Crippen LogP contribution in [0.15, 0.2) is 35.3 Å². The van der Waals surface area contributed by atoms with E-state index in [1.54, 1.807) is 20.9 Å². The number of anilines is 1. The SMILES string of the molecule is CC(C)OC(=O)[C@H](C)N[PH](O)(OC[C@H]1OC(n2ccc(NC(=O)[C@@H]3CCCN3C)nc2=O)C(F)(F)[C@@H]1O)Oc1ccc(Cl)cc1Cl. The third-order valence-corrected chi connectivity index (χ3v) is 9.61. The van der Waals surface area contributed by atoms with E-state index in [2.05, 4.69) is 15.4 Å². The van der Waals surface area contributed by atoms with E-state index >= 15 is 8.78 Å². The quantitative estimate of drug-likeness (QED) is 0.187. The van der Waals surface area contributed by atoms with E-state index < -0.39 is 68.9 Å². The van der Waals surface area contributed by atoms with E-state index in [1.165, 1.54) is 25.1 Å². The van der Waals surface area contributed by atoms with Gasteiger partial charge < -0.3 is 0 Å². The van der Waals surface area contributed by atoms with Crippen LogP contribution in [0.5, 0.6) is 5.75 Å². The number of ether oxygens (including phenoxy) is 2. The molecule has 0 saturated carbocycles. The van der Waals surface area contributed by atoms with Gasteiger partial charge in [-0.1, -0.05) is 0 Å². The number of aliphatic hydroxyl groups excluding tert-OH is 1. The standard InChI is InChI=1S/C27H36Cl2F2N5O9P/c1-14(2)43-24(39)15(3)34-46(41,45-19-8-7-16(28)12-17(19)29)42-13-20-22(37)27(30,31)25(44-20)36-11-9-21(33-26(36)40)32-23(38)18-6-5-10-35(18)4/h7-9,11-12,14-15,18,20,22,25,34,37,41,46H,5-6,10,13H2,1-4H3,(H,32,33,38,40)/t15-,18-,20+,22+,25?/m0/s1. The minimum absolute atomic E-state index is 0.0354. The molecule has 2 aromatic rings. The van der Waals surface area contributed by atoms with Gasteiger partial charge >= 0.3 is 243 Å². The van der Waals surface area contributed by atoms with Crippen molar-refractivity contribution in [3.63, 3.8) is 0 Å². The monoisotopic (exact) mass is 713 g/mol. The fraction of sp³-hybridized carbons (Fsp3) is 0.556. The van der Waals surface area contributed by atoms with E-state index in [0.29, 0.717) is 11.0 Å². The summed E-state index contributed by atoms with van der Waals surface area (Å²) in [5, 5.41) is 15.7. The average Bonchev–Trinajstić information content (AvgIpc) is 3.49. The first-order chi connectivity index (χ1) is 21.5. The summed E-state index contributed by atoms with van der Waals surface area (Å²) in [6.45, 7) is 4.43. The molecule has 19 heteroatoms. The molecule has 0 radical (unpaired) electrons. The molecule has 3 heterocycles. The average molecular weight is 714 g/mol. The van der Waals surface area contributed by atoms with Gasteiger partial charge in [0.2, 0.25) is 0 Å². The second-order valence-electron chi connectivity index (χ2n) is 11.2. The number of halogens is 4. The fourth-order valence-electron chi connectivity index (χ4n) is 4.89. The van der Waals surface area contributed by atoms with Crippen LogP contribution in [0, 0.1) is 0 Å². The van der Waals surface area contributed by atoms with Gasteiger partial charge in [0.15, 0.2) is 0 Å². The molecule has 5 atom stereocenters. The molecule has 46 heavy (non-hydrogen) atoms. The number of hydrogen-bond donors (Lipinski definition) is 4. The number of carbonyl (C=O) groups excluding carboxylic acids is 2. The minimum atomic E-state index is -4.75. The Morgan fingerprint density at radius 3 is 2.59 bits per heavy atom. The number of esters is 1. The molecule has 14 nitrogen and oxygen atoms in total. The first-order valence-electron chi connectivity index (χ1n) is 14.3. The van der Waals surface area contributed by atoms with Crippen LogP contribution in [0.25, 0.3) is 0 Å². The number of nitrogens with one attached hydrogen (secondary N) is 2. The van der Waals surface area contributed by atoms with Gasteiger partial charge in [-0.2, -0.15) is 0 Å². The van der Waals surface area contributed by atoms with Gasteiger partial charge in [0.05, 0.1) is 0 Å². The molecule has 0 bridgehead atoms. The van der Waals surface area contributed by atoms with E-state index in [4.69, 9.17) is 41.7 Å². The Hall–Kier alpha value is -2.53. The number of likely N-dealkylation sites (tertiary alicyclic amines) is 1. The van der Waals surface area contributed by atoms with Gasteiger partial charge in [-0.05, 0) is 26.4 Å². The van der Waals surface area contributed by atoms with Gasteiger partial charge in [-0.3, -0.25) is 4.90 Å². The maximum atomic E-state index is 15.3. The molecule has 2 aliphatic heterocycles. The summed E-state index contributed by atoms with van der Waals surface area (Å²) >= 11 is 12.1. The molecule has 1 unspecified atom stereocenters. The molecular weight excluding hydrogens is 678 g/mol. The number of alkyl halides is 2. The molecular formula is C27H36Cl2F2N5O9P. The van der Waals surface area contributed by atoms with Gasteiger partial charge in [-0.25, -0.2) is 0 Å². The molecule has 4 rings (SSSR count). The summed E-state index contributed by atoms with van der Waals surface area (Å²) in [6, 6.07) is 3.57. The summed E-state index contributed by atoms with van der Waals surface area (Å²) in [6.07, 6.45) is -4.72. The van der Waals surface area contributed by atoms with Crippen LogP contribution in [0.1, 0.15) is 39.8 Å². The number of hydrogen-bond acceptors (Lipinski definition) is 12. The zero-order valence-corrected chi connectivity index (χ0v) is 27.8. The van der Waals surface area contributed by atoms with Crippen molar-refractivity contribution in [2.24, 2.45) is 0 Å². The predicted molar refractivity (Wildman–Crippen MR) is 165 cm³/mol. The molecule has 2 fully saturated rings. The Balaban J connectivity index is 1.50.